The van der Waals surface area contributed by atoms with Crippen molar-refractivity contribution >= 4 is 15.3 Å². The first-order valence-electron chi connectivity index (χ1n) is 4.78. The van der Waals surface area contributed by atoms with Crippen LogP contribution in [0.15, 0.2) is 29.2 Å². The number of nitro groups is 1. The van der Waals surface area contributed by atoms with Crippen LogP contribution in [0.25, 0.3) is 0 Å². The number of nitro benzene ring substituents is 1. The van der Waals surface area contributed by atoms with Gasteiger partial charge in [0.25, 0.3) is 5.69 Å². The second kappa shape index (κ2) is 3.57. The first-order chi connectivity index (χ1) is 7.76. The fourth-order valence-electron chi connectivity index (χ4n) is 1.45. The van der Waals surface area contributed by atoms with Crippen molar-refractivity contribution in [1.29, 1.82) is 0 Å². The molecule has 1 aromatic rings. The molecular formula is C9H11NO6S. The molecule has 1 atom stereocenters. The standard InChI is InChI=1S/C9H11NO6S/c11-10(12)7-2-1-3-9(4-7)17(13,14,15)6-8-5-16-8/h1-4,8H,5-6H2,(H2,13,14,15)/t8-/m0/s1. The molecule has 0 spiro atoms. The molecule has 1 aromatic carbocycles. The van der Waals surface area contributed by atoms with E-state index in [9.17, 15) is 23.4 Å². The Morgan fingerprint density at radius 3 is 2.71 bits per heavy atom. The zero-order valence-electron chi connectivity index (χ0n) is 8.68. The Morgan fingerprint density at radius 1 is 1.53 bits per heavy atom. The molecule has 1 aliphatic rings. The quantitative estimate of drug-likeness (QED) is 0.477. The number of epoxide rings is 1. The molecule has 7 nitrogen and oxygen atoms in total. The monoisotopic (exact) mass is 261 g/mol. The second-order valence-electron chi connectivity index (χ2n) is 3.89. The number of non-ortho nitro benzene ring substituents is 1. The molecule has 0 unspecified atom stereocenters. The molecule has 2 rings (SSSR count). The summed E-state index contributed by atoms with van der Waals surface area (Å²) < 4.78 is 36.4. The third-order valence-electron chi connectivity index (χ3n) is 2.39. The van der Waals surface area contributed by atoms with Crippen molar-refractivity contribution in [3.63, 3.8) is 0 Å². The molecule has 0 bridgehead atoms. The molecule has 1 saturated heterocycles. The van der Waals surface area contributed by atoms with Gasteiger partial charge >= 0.3 is 0 Å². The van der Waals surface area contributed by atoms with E-state index in [2.05, 4.69) is 0 Å². The smallest absolute Gasteiger partial charge is 0.270 e. The maximum atomic E-state index is 12.0. The van der Waals surface area contributed by atoms with Gasteiger partial charge in [-0.2, -0.15) is 0 Å². The molecule has 8 heteroatoms. The van der Waals surface area contributed by atoms with Crippen molar-refractivity contribution in [1.82, 2.24) is 0 Å². The summed E-state index contributed by atoms with van der Waals surface area (Å²) in [4.78, 5) is 9.50. The Bertz CT molecular complexity index is 532. The van der Waals surface area contributed by atoms with E-state index in [1.54, 1.807) is 0 Å². The topological polar surface area (TPSA) is 113 Å². The summed E-state index contributed by atoms with van der Waals surface area (Å²) in [7, 11) is -5.05. The summed E-state index contributed by atoms with van der Waals surface area (Å²) in [5.41, 5.74) is -0.346. The molecule has 2 N–H and O–H groups in total. The van der Waals surface area contributed by atoms with Crippen molar-refractivity contribution in [2.45, 2.75) is 11.0 Å². The molecule has 17 heavy (non-hydrogen) atoms. The molecule has 0 saturated carbocycles. The molecule has 94 valence electrons. The van der Waals surface area contributed by atoms with Crippen LogP contribution in [0, 0.1) is 10.1 Å². The fourth-order valence-corrected chi connectivity index (χ4v) is 3.21. The van der Waals surface area contributed by atoms with Crippen molar-refractivity contribution in [3.05, 3.63) is 34.4 Å². The minimum absolute atomic E-state index is 0.310. The van der Waals surface area contributed by atoms with Crippen LogP contribution in [-0.2, 0) is 14.4 Å². The van der Waals surface area contributed by atoms with E-state index in [1.165, 1.54) is 18.2 Å². The van der Waals surface area contributed by atoms with Crippen LogP contribution in [0.5, 0.6) is 0 Å². The summed E-state index contributed by atoms with van der Waals surface area (Å²) in [5, 5.41) is 10.5. The van der Waals surface area contributed by atoms with Gasteiger partial charge in [0, 0.05) is 12.1 Å². The van der Waals surface area contributed by atoms with E-state index in [0.717, 1.165) is 6.07 Å². The van der Waals surface area contributed by atoms with E-state index in [4.69, 9.17) is 4.74 Å². The number of hydrogen-bond donors (Lipinski definition) is 2. The summed E-state index contributed by atoms with van der Waals surface area (Å²) >= 11 is 0. The number of nitrogens with zero attached hydrogens (tertiary/aromatic N) is 1. The van der Waals surface area contributed by atoms with Gasteiger partial charge in [-0.1, -0.05) is 6.07 Å². The minimum Gasteiger partial charge on any atom is -0.372 e. The Hall–Kier alpha value is -1.35. The third kappa shape index (κ3) is 2.67. The van der Waals surface area contributed by atoms with Gasteiger partial charge in [-0.15, -0.1) is 0 Å². The van der Waals surface area contributed by atoms with Crippen LogP contribution >= 0.6 is 0 Å². The van der Waals surface area contributed by atoms with Crippen molar-refractivity contribution in [3.8, 4) is 0 Å². The van der Waals surface area contributed by atoms with Gasteiger partial charge in [-0.05, 0) is 6.07 Å². The van der Waals surface area contributed by atoms with Crippen molar-refractivity contribution in [2.75, 3.05) is 12.4 Å². The highest BCUT2D eigenvalue weighted by Crippen LogP contribution is 2.34. The predicted molar refractivity (Wildman–Crippen MR) is 59.4 cm³/mol. The van der Waals surface area contributed by atoms with Crippen LogP contribution < -0.4 is 0 Å². The van der Waals surface area contributed by atoms with Gasteiger partial charge in [0.15, 0.2) is 0 Å². The summed E-state index contributed by atoms with van der Waals surface area (Å²) in [5.74, 6) is -0.460. The summed E-state index contributed by atoms with van der Waals surface area (Å²) in [6.07, 6.45) is -0.469. The highest BCUT2D eigenvalue weighted by atomic mass is 32.3. The Labute approximate surface area is 96.6 Å². The van der Waals surface area contributed by atoms with Gasteiger partial charge in [0.1, 0.15) is 9.63 Å². The number of ether oxygens (including phenoxy) is 1. The average molecular weight is 261 g/mol. The zero-order valence-corrected chi connectivity index (χ0v) is 9.50. The second-order valence-corrected chi connectivity index (χ2v) is 6.73. The van der Waals surface area contributed by atoms with Gasteiger partial charge < -0.3 is 13.8 Å². The molecule has 1 heterocycles. The predicted octanol–water partition coefficient (Wildman–Crippen LogP) is 1.12. The normalized spacial score (nSPS) is 21.5. The van der Waals surface area contributed by atoms with Gasteiger partial charge in [0.05, 0.1) is 28.3 Å². The van der Waals surface area contributed by atoms with Gasteiger partial charge in [-0.25, -0.2) is 4.21 Å². The molecule has 0 aromatic heterocycles. The molecule has 0 amide bonds. The molecule has 1 fully saturated rings. The van der Waals surface area contributed by atoms with E-state index < -0.39 is 26.4 Å². The van der Waals surface area contributed by atoms with Crippen LogP contribution in [0.4, 0.5) is 5.69 Å². The van der Waals surface area contributed by atoms with Gasteiger partial charge in [0.2, 0.25) is 0 Å². The zero-order chi connectivity index (χ0) is 12.7. The molecule has 1 aliphatic heterocycles. The maximum Gasteiger partial charge on any atom is 0.270 e. The number of hydrogen-bond acceptors (Lipinski definition) is 4. The van der Waals surface area contributed by atoms with E-state index >= 15 is 0 Å². The number of benzene rings is 1. The van der Waals surface area contributed by atoms with Crippen LogP contribution in [0.3, 0.4) is 0 Å². The minimum atomic E-state index is -5.05. The Morgan fingerprint density at radius 2 is 2.18 bits per heavy atom. The Balaban J connectivity index is 2.40. The molecule has 0 radical (unpaired) electrons. The van der Waals surface area contributed by atoms with Crippen LogP contribution in [-0.4, -0.2) is 36.7 Å². The molecular weight excluding hydrogens is 250 g/mol. The van der Waals surface area contributed by atoms with Crippen LogP contribution in [0.2, 0.25) is 0 Å². The lowest BCUT2D eigenvalue weighted by molar-refractivity contribution is -0.385. The van der Waals surface area contributed by atoms with Crippen molar-refractivity contribution < 1.29 is 23.0 Å². The van der Waals surface area contributed by atoms with E-state index in [0.29, 0.717) is 6.61 Å². The average Bonchev–Trinajstić information content (AvgIpc) is 3.00. The maximum absolute atomic E-state index is 12.0. The fraction of sp³-hybridized carbons (Fsp3) is 0.333. The number of rotatable bonds is 4. The largest absolute Gasteiger partial charge is 0.372 e. The SMILES string of the molecule is O=[N+]([O-])c1cccc(S(=O)(O)(O)C[C@@H]2CO2)c1. The first-order valence-corrected chi connectivity index (χ1v) is 6.82. The highest BCUT2D eigenvalue weighted by Gasteiger charge is 2.41. The first kappa shape index (κ1) is 12.1. The lowest BCUT2D eigenvalue weighted by atomic mass is 10.3. The van der Waals surface area contributed by atoms with Crippen LogP contribution in [0.1, 0.15) is 0 Å². The summed E-state index contributed by atoms with van der Waals surface area (Å²) in [6, 6.07) is 4.52. The Kier molecular flexibility index (Phi) is 2.54. The lowest BCUT2D eigenvalue weighted by Crippen LogP contribution is -2.37. The highest BCUT2D eigenvalue weighted by molar-refractivity contribution is 8.10. The lowest BCUT2D eigenvalue weighted by Gasteiger charge is -2.29. The third-order valence-corrected chi connectivity index (χ3v) is 4.56. The van der Waals surface area contributed by atoms with E-state index in [1.807, 2.05) is 0 Å². The van der Waals surface area contributed by atoms with E-state index in [-0.39, 0.29) is 10.6 Å². The van der Waals surface area contributed by atoms with Gasteiger partial charge in [-0.3, -0.25) is 10.1 Å². The summed E-state index contributed by atoms with van der Waals surface area (Å²) in [6.45, 7) is 0.310. The molecule has 0 aliphatic carbocycles. The van der Waals surface area contributed by atoms with Crippen molar-refractivity contribution in [2.24, 2.45) is 0 Å².